The van der Waals surface area contributed by atoms with Gasteiger partial charge in [-0.2, -0.15) is 0 Å². The quantitative estimate of drug-likeness (QED) is 0.296. The number of carbonyl (C=O) groups is 4. The third-order valence-corrected chi connectivity index (χ3v) is 3.17. The van der Waals surface area contributed by atoms with Gasteiger partial charge in [-0.25, -0.2) is 0 Å². The minimum absolute atomic E-state index is 0.349. The van der Waals surface area contributed by atoms with Gasteiger partial charge in [0.2, 0.25) is 23.6 Å². The molecule has 0 aliphatic carbocycles. The number of carbonyl (C=O) groups excluding carboxylic acids is 4. The molecule has 0 fully saturated rings. The van der Waals surface area contributed by atoms with Gasteiger partial charge in [0.1, 0.15) is 18.1 Å². The van der Waals surface area contributed by atoms with Crippen molar-refractivity contribution in [3.63, 3.8) is 0 Å². The number of hydrogen-bond donors (Lipinski definition) is 5. The zero-order valence-corrected chi connectivity index (χ0v) is 13.8. The molecular weight excluding hydrogens is 302 g/mol. The molecule has 0 aromatic rings. The van der Waals surface area contributed by atoms with Crippen LogP contribution in [0.15, 0.2) is 0 Å². The Morgan fingerprint density at radius 3 is 1.91 bits per heavy atom. The van der Waals surface area contributed by atoms with Gasteiger partial charge >= 0.3 is 0 Å². The highest BCUT2D eigenvalue weighted by atomic mass is 16.2. The molecule has 7 N–H and O–H groups in total. The zero-order valence-electron chi connectivity index (χ0n) is 13.8. The fraction of sp³-hybridized carbons (Fsp3) is 0.714. The first-order valence-electron chi connectivity index (χ1n) is 7.56. The van der Waals surface area contributed by atoms with Gasteiger partial charge in [0.15, 0.2) is 0 Å². The Kier molecular flexibility index (Phi) is 9.56. The first kappa shape index (κ1) is 20.8. The van der Waals surface area contributed by atoms with Crippen molar-refractivity contribution in [2.75, 3.05) is 6.54 Å². The predicted molar refractivity (Wildman–Crippen MR) is 84.9 cm³/mol. The Labute approximate surface area is 135 Å². The van der Waals surface area contributed by atoms with Crippen LogP contribution in [0, 0.1) is 0 Å². The molecule has 9 nitrogen and oxygen atoms in total. The van der Waals surface area contributed by atoms with Crippen LogP contribution < -0.4 is 27.4 Å². The van der Waals surface area contributed by atoms with Gasteiger partial charge in [0, 0.05) is 6.92 Å². The Morgan fingerprint density at radius 1 is 0.913 bits per heavy atom. The zero-order chi connectivity index (χ0) is 18.0. The van der Waals surface area contributed by atoms with Crippen LogP contribution in [-0.4, -0.2) is 48.3 Å². The van der Waals surface area contributed by atoms with E-state index in [1.165, 1.54) is 20.8 Å². The van der Waals surface area contributed by atoms with Crippen molar-refractivity contribution in [1.82, 2.24) is 16.0 Å². The van der Waals surface area contributed by atoms with Crippen LogP contribution in [0.1, 0.15) is 40.0 Å². The van der Waals surface area contributed by atoms with Gasteiger partial charge in [0.05, 0.1) is 0 Å². The summed E-state index contributed by atoms with van der Waals surface area (Å²) in [7, 11) is 0. The first-order valence-corrected chi connectivity index (χ1v) is 7.56. The fourth-order valence-electron chi connectivity index (χ4n) is 1.85. The van der Waals surface area contributed by atoms with Crippen molar-refractivity contribution in [2.45, 2.75) is 58.2 Å². The summed E-state index contributed by atoms with van der Waals surface area (Å²) in [6, 6.07) is -2.43. The van der Waals surface area contributed by atoms with E-state index >= 15 is 0 Å². The maximum Gasteiger partial charge on any atom is 0.242 e. The average Bonchev–Trinajstić information content (AvgIpc) is 2.44. The predicted octanol–water partition coefficient (Wildman–Crippen LogP) is -1.89. The molecule has 0 heterocycles. The molecule has 3 atom stereocenters. The lowest BCUT2D eigenvalue weighted by molar-refractivity contribution is -0.132. The van der Waals surface area contributed by atoms with Crippen LogP contribution in [-0.2, 0) is 19.2 Å². The SMILES string of the molecule is CC(=O)NC(C)C(=O)NC(C)C(=O)NC(CCCCN)C(N)=O. The van der Waals surface area contributed by atoms with E-state index < -0.39 is 35.8 Å². The molecule has 0 saturated heterocycles. The van der Waals surface area contributed by atoms with E-state index in [9.17, 15) is 19.2 Å². The van der Waals surface area contributed by atoms with E-state index in [-0.39, 0.29) is 5.91 Å². The summed E-state index contributed by atoms with van der Waals surface area (Å²) in [6.07, 6.45) is 1.77. The summed E-state index contributed by atoms with van der Waals surface area (Å²) < 4.78 is 0. The molecule has 23 heavy (non-hydrogen) atoms. The van der Waals surface area contributed by atoms with Crippen molar-refractivity contribution in [1.29, 1.82) is 0 Å². The van der Waals surface area contributed by atoms with Crippen molar-refractivity contribution in [3.8, 4) is 0 Å². The second-order valence-corrected chi connectivity index (χ2v) is 5.40. The minimum Gasteiger partial charge on any atom is -0.368 e. The average molecular weight is 329 g/mol. The van der Waals surface area contributed by atoms with Gasteiger partial charge in [-0.15, -0.1) is 0 Å². The molecule has 3 unspecified atom stereocenters. The van der Waals surface area contributed by atoms with E-state index in [0.717, 1.165) is 6.42 Å². The van der Waals surface area contributed by atoms with Crippen LogP contribution in [0.4, 0.5) is 0 Å². The molecule has 0 aliphatic heterocycles. The molecule has 0 aromatic heterocycles. The number of nitrogens with two attached hydrogens (primary N) is 2. The Bertz CT molecular complexity index is 441. The lowest BCUT2D eigenvalue weighted by Gasteiger charge is -2.21. The van der Waals surface area contributed by atoms with E-state index in [2.05, 4.69) is 16.0 Å². The Balaban J connectivity index is 4.47. The van der Waals surface area contributed by atoms with E-state index in [0.29, 0.717) is 19.4 Å². The molecule has 0 bridgehead atoms. The molecule has 0 aromatic carbocycles. The number of rotatable bonds is 10. The summed E-state index contributed by atoms with van der Waals surface area (Å²) >= 11 is 0. The van der Waals surface area contributed by atoms with Crippen molar-refractivity contribution < 1.29 is 19.2 Å². The largest absolute Gasteiger partial charge is 0.368 e. The van der Waals surface area contributed by atoms with Crippen LogP contribution in [0.2, 0.25) is 0 Å². The molecule has 0 rings (SSSR count). The summed E-state index contributed by atoms with van der Waals surface area (Å²) in [6.45, 7) is 4.76. The lowest BCUT2D eigenvalue weighted by Crippen LogP contribution is -2.54. The standard InChI is InChI=1S/C14H27N5O4/c1-8(17-10(3)20)13(22)18-9(2)14(23)19-11(12(16)21)6-4-5-7-15/h8-9,11H,4-7,15H2,1-3H3,(H2,16,21)(H,17,20)(H,18,22)(H,19,23). The number of nitrogens with one attached hydrogen (secondary N) is 3. The number of unbranched alkanes of at least 4 members (excludes halogenated alkanes) is 1. The highest BCUT2D eigenvalue weighted by molar-refractivity contribution is 5.93. The minimum atomic E-state index is -0.866. The van der Waals surface area contributed by atoms with Crippen LogP contribution in [0.3, 0.4) is 0 Å². The van der Waals surface area contributed by atoms with Gasteiger partial charge in [-0.05, 0) is 39.7 Å². The molecule has 9 heteroatoms. The van der Waals surface area contributed by atoms with Gasteiger partial charge in [-0.3, -0.25) is 19.2 Å². The normalized spacial score (nSPS) is 14.3. The number of hydrogen-bond acceptors (Lipinski definition) is 5. The topological polar surface area (TPSA) is 156 Å². The third-order valence-electron chi connectivity index (χ3n) is 3.17. The molecule has 4 amide bonds. The Hall–Kier alpha value is -2.16. The van der Waals surface area contributed by atoms with Crippen LogP contribution in [0.5, 0.6) is 0 Å². The fourth-order valence-corrected chi connectivity index (χ4v) is 1.85. The monoisotopic (exact) mass is 329 g/mol. The van der Waals surface area contributed by atoms with Gasteiger partial charge in [-0.1, -0.05) is 0 Å². The summed E-state index contributed by atoms with van der Waals surface area (Å²) in [5.74, 6) is -2.01. The van der Waals surface area contributed by atoms with Crippen LogP contribution >= 0.6 is 0 Å². The lowest BCUT2D eigenvalue weighted by atomic mass is 10.1. The highest BCUT2D eigenvalue weighted by Crippen LogP contribution is 2.01. The summed E-state index contributed by atoms with van der Waals surface area (Å²) in [5, 5.41) is 7.37. The first-order chi connectivity index (χ1) is 10.7. The van der Waals surface area contributed by atoms with Crippen molar-refractivity contribution >= 4 is 23.6 Å². The second kappa shape index (κ2) is 10.5. The molecule has 0 spiro atoms. The molecule has 0 radical (unpaired) electrons. The van der Waals surface area contributed by atoms with E-state index in [1.54, 1.807) is 0 Å². The van der Waals surface area contributed by atoms with Crippen molar-refractivity contribution in [2.24, 2.45) is 11.5 Å². The molecule has 132 valence electrons. The second-order valence-electron chi connectivity index (χ2n) is 5.40. The molecule has 0 saturated carbocycles. The third kappa shape index (κ3) is 8.77. The summed E-state index contributed by atoms with van der Waals surface area (Å²) in [4.78, 5) is 46.1. The number of amides is 4. The van der Waals surface area contributed by atoms with Crippen molar-refractivity contribution in [3.05, 3.63) is 0 Å². The smallest absolute Gasteiger partial charge is 0.242 e. The summed E-state index contributed by atoms with van der Waals surface area (Å²) in [5.41, 5.74) is 10.6. The maximum absolute atomic E-state index is 12.0. The van der Waals surface area contributed by atoms with E-state index in [1.807, 2.05) is 0 Å². The van der Waals surface area contributed by atoms with Crippen LogP contribution in [0.25, 0.3) is 0 Å². The Morgan fingerprint density at radius 2 is 1.43 bits per heavy atom. The molecular formula is C14H27N5O4. The number of primary amides is 1. The highest BCUT2D eigenvalue weighted by Gasteiger charge is 2.24. The molecule has 0 aliphatic rings. The van der Waals surface area contributed by atoms with E-state index in [4.69, 9.17) is 11.5 Å². The maximum atomic E-state index is 12.0. The van der Waals surface area contributed by atoms with Gasteiger partial charge < -0.3 is 27.4 Å². The van der Waals surface area contributed by atoms with Gasteiger partial charge in [0.25, 0.3) is 0 Å².